The maximum Gasteiger partial charge on any atom is 0.258 e. The molecular weight excluding hydrogens is 248 g/mol. The van der Waals surface area contributed by atoms with E-state index in [-0.39, 0.29) is 5.91 Å². The van der Waals surface area contributed by atoms with E-state index in [0.29, 0.717) is 11.3 Å². The Bertz CT molecular complexity index is 664. The number of rotatable bonds is 1. The molecule has 0 aromatic heterocycles. The lowest BCUT2D eigenvalue weighted by Gasteiger charge is -2.30. The summed E-state index contributed by atoms with van der Waals surface area (Å²) in [6.07, 6.45) is 2.04. The molecule has 0 spiro atoms. The fourth-order valence-electron chi connectivity index (χ4n) is 2.78. The molecule has 1 amide bonds. The number of benzene rings is 2. The number of hydrogen-bond donors (Lipinski definition) is 1. The molecule has 3 rings (SSSR count). The molecule has 0 radical (unpaired) electrons. The van der Waals surface area contributed by atoms with E-state index in [9.17, 15) is 4.79 Å². The number of anilines is 2. The van der Waals surface area contributed by atoms with Crippen LogP contribution < -0.4 is 10.6 Å². The van der Waals surface area contributed by atoms with Gasteiger partial charge in [0.1, 0.15) is 0 Å². The summed E-state index contributed by atoms with van der Waals surface area (Å²) in [6, 6.07) is 13.6. The summed E-state index contributed by atoms with van der Waals surface area (Å²) < 4.78 is 0. The first-order chi connectivity index (χ1) is 9.68. The van der Waals surface area contributed by atoms with Crippen LogP contribution in [0.1, 0.15) is 27.9 Å². The highest BCUT2D eigenvalue weighted by Crippen LogP contribution is 2.29. The molecule has 1 heterocycles. The van der Waals surface area contributed by atoms with Crippen molar-refractivity contribution in [2.24, 2.45) is 0 Å². The number of nitrogens with zero attached hydrogens (tertiary/aromatic N) is 1. The lowest BCUT2D eigenvalue weighted by molar-refractivity contribution is 0.0984. The van der Waals surface area contributed by atoms with Crippen molar-refractivity contribution in [3.63, 3.8) is 0 Å². The zero-order valence-electron chi connectivity index (χ0n) is 11.6. The highest BCUT2D eigenvalue weighted by Gasteiger charge is 2.24. The molecule has 1 aliphatic heterocycles. The summed E-state index contributed by atoms with van der Waals surface area (Å²) in [6.45, 7) is 2.67. The van der Waals surface area contributed by atoms with Crippen molar-refractivity contribution in [1.82, 2.24) is 0 Å². The predicted molar refractivity (Wildman–Crippen MR) is 82.0 cm³/mol. The van der Waals surface area contributed by atoms with Crippen LogP contribution in [0.25, 0.3) is 0 Å². The summed E-state index contributed by atoms with van der Waals surface area (Å²) in [5.41, 5.74) is 10.4. The van der Waals surface area contributed by atoms with E-state index in [0.717, 1.165) is 30.6 Å². The molecule has 0 unspecified atom stereocenters. The maximum atomic E-state index is 12.8. The largest absolute Gasteiger partial charge is 0.398 e. The van der Waals surface area contributed by atoms with Crippen LogP contribution in [-0.4, -0.2) is 12.5 Å². The fourth-order valence-corrected chi connectivity index (χ4v) is 2.78. The summed E-state index contributed by atoms with van der Waals surface area (Å²) in [5, 5.41) is 0. The number of carbonyl (C=O) groups is 1. The van der Waals surface area contributed by atoms with Gasteiger partial charge in [0.2, 0.25) is 0 Å². The van der Waals surface area contributed by atoms with E-state index in [2.05, 4.69) is 6.07 Å². The molecular formula is C17H18N2O. The molecule has 102 valence electrons. The first-order valence-electron chi connectivity index (χ1n) is 6.93. The van der Waals surface area contributed by atoms with E-state index in [4.69, 9.17) is 5.73 Å². The Hall–Kier alpha value is -2.29. The van der Waals surface area contributed by atoms with Gasteiger partial charge in [0, 0.05) is 23.5 Å². The molecule has 0 saturated heterocycles. The molecule has 0 bridgehead atoms. The van der Waals surface area contributed by atoms with Gasteiger partial charge in [-0.3, -0.25) is 4.79 Å². The van der Waals surface area contributed by atoms with E-state index < -0.39 is 0 Å². The topological polar surface area (TPSA) is 46.3 Å². The van der Waals surface area contributed by atoms with Crippen molar-refractivity contribution < 1.29 is 4.79 Å². The Morgan fingerprint density at radius 1 is 1.15 bits per heavy atom. The molecule has 0 fully saturated rings. The average Bonchev–Trinajstić information content (AvgIpc) is 2.49. The highest BCUT2D eigenvalue weighted by atomic mass is 16.2. The van der Waals surface area contributed by atoms with E-state index in [1.165, 1.54) is 5.56 Å². The van der Waals surface area contributed by atoms with Crippen LogP contribution >= 0.6 is 0 Å². The van der Waals surface area contributed by atoms with Crippen LogP contribution in [0.4, 0.5) is 11.4 Å². The van der Waals surface area contributed by atoms with E-state index in [1.54, 1.807) is 0 Å². The van der Waals surface area contributed by atoms with Gasteiger partial charge in [-0.1, -0.05) is 24.3 Å². The van der Waals surface area contributed by atoms with Crippen molar-refractivity contribution in [1.29, 1.82) is 0 Å². The Morgan fingerprint density at radius 2 is 1.95 bits per heavy atom. The maximum absolute atomic E-state index is 12.8. The summed E-state index contributed by atoms with van der Waals surface area (Å²) >= 11 is 0. The van der Waals surface area contributed by atoms with Gasteiger partial charge >= 0.3 is 0 Å². The fraction of sp³-hybridized carbons (Fsp3) is 0.235. The number of hydrogen-bond acceptors (Lipinski definition) is 2. The minimum absolute atomic E-state index is 0.0435. The van der Waals surface area contributed by atoms with Gasteiger partial charge in [-0.2, -0.15) is 0 Å². The molecule has 2 N–H and O–H groups in total. The van der Waals surface area contributed by atoms with Crippen molar-refractivity contribution in [3.05, 3.63) is 59.2 Å². The lowest BCUT2D eigenvalue weighted by atomic mass is 9.99. The normalized spacial score (nSPS) is 13.9. The number of carbonyl (C=O) groups excluding carboxylic acids is 1. The zero-order chi connectivity index (χ0) is 14.1. The van der Waals surface area contributed by atoms with Gasteiger partial charge in [-0.05, 0) is 49.1 Å². The molecule has 20 heavy (non-hydrogen) atoms. The van der Waals surface area contributed by atoms with Crippen molar-refractivity contribution in [3.8, 4) is 0 Å². The van der Waals surface area contributed by atoms with Crippen LogP contribution in [-0.2, 0) is 6.42 Å². The molecule has 0 saturated carbocycles. The number of fused-ring (bicyclic) bond motifs is 1. The number of nitrogen functional groups attached to an aromatic ring is 1. The minimum atomic E-state index is 0.0435. The van der Waals surface area contributed by atoms with Gasteiger partial charge in [-0.25, -0.2) is 0 Å². The Balaban J connectivity index is 2.02. The SMILES string of the molecule is Cc1c(N)cccc1C(=O)N1CCCc2ccccc21. The van der Waals surface area contributed by atoms with Crippen molar-refractivity contribution >= 4 is 17.3 Å². The third-order valence-electron chi connectivity index (χ3n) is 3.96. The Labute approximate surface area is 119 Å². The zero-order valence-corrected chi connectivity index (χ0v) is 11.6. The first kappa shape index (κ1) is 12.7. The van der Waals surface area contributed by atoms with Crippen LogP contribution in [0.15, 0.2) is 42.5 Å². The van der Waals surface area contributed by atoms with Gasteiger partial charge in [0.15, 0.2) is 0 Å². The number of para-hydroxylation sites is 1. The molecule has 2 aromatic rings. The smallest absolute Gasteiger partial charge is 0.258 e. The van der Waals surface area contributed by atoms with Gasteiger partial charge in [0.05, 0.1) is 0 Å². The monoisotopic (exact) mass is 266 g/mol. The van der Waals surface area contributed by atoms with Crippen molar-refractivity contribution in [2.45, 2.75) is 19.8 Å². The third kappa shape index (κ3) is 2.05. The van der Waals surface area contributed by atoms with E-state index in [1.807, 2.05) is 48.2 Å². The summed E-state index contributed by atoms with van der Waals surface area (Å²) in [7, 11) is 0. The average molecular weight is 266 g/mol. The van der Waals surface area contributed by atoms with Crippen molar-refractivity contribution in [2.75, 3.05) is 17.2 Å². The first-order valence-corrected chi connectivity index (χ1v) is 6.93. The van der Waals surface area contributed by atoms with Gasteiger partial charge < -0.3 is 10.6 Å². The quantitative estimate of drug-likeness (QED) is 0.806. The number of amides is 1. The van der Waals surface area contributed by atoms with Crippen LogP contribution in [0, 0.1) is 6.92 Å². The second-order valence-corrected chi connectivity index (χ2v) is 5.21. The van der Waals surface area contributed by atoms with Gasteiger partial charge in [0.25, 0.3) is 5.91 Å². The van der Waals surface area contributed by atoms with E-state index >= 15 is 0 Å². The molecule has 0 aliphatic carbocycles. The Kier molecular flexibility index (Phi) is 3.18. The number of aryl methyl sites for hydroxylation is 1. The second-order valence-electron chi connectivity index (χ2n) is 5.21. The van der Waals surface area contributed by atoms with Crippen LogP contribution in [0.2, 0.25) is 0 Å². The van der Waals surface area contributed by atoms with Crippen LogP contribution in [0.3, 0.4) is 0 Å². The molecule has 2 aromatic carbocycles. The second kappa shape index (κ2) is 5.00. The Morgan fingerprint density at radius 3 is 2.80 bits per heavy atom. The van der Waals surface area contributed by atoms with Crippen LogP contribution in [0.5, 0.6) is 0 Å². The predicted octanol–water partition coefficient (Wildman–Crippen LogP) is 3.17. The molecule has 3 nitrogen and oxygen atoms in total. The summed E-state index contributed by atoms with van der Waals surface area (Å²) in [5.74, 6) is 0.0435. The standard InChI is InChI=1S/C17H18N2O/c1-12-14(8-4-9-15(12)18)17(20)19-11-5-7-13-6-2-3-10-16(13)19/h2-4,6,8-10H,5,7,11,18H2,1H3. The van der Waals surface area contributed by atoms with Gasteiger partial charge in [-0.15, -0.1) is 0 Å². The minimum Gasteiger partial charge on any atom is -0.398 e. The molecule has 3 heteroatoms. The highest BCUT2D eigenvalue weighted by molar-refractivity contribution is 6.08. The molecule has 1 aliphatic rings. The number of nitrogens with two attached hydrogens (primary N) is 1. The summed E-state index contributed by atoms with van der Waals surface area (Å²) in [4.78, 5) is 14.7. The molecule has 0 atom stereocenters. The lowest BCUT2D eigenvalue weighted by Crippen LogP contribution is -2.35. The third-order valence-corrected chi connectivity index (χ3v) is 3.96.